The highest BCUT2D eigenvalue weighted by molar-refractivity contribution is 6.27. The summed E-state index contributed by atoms with van der Waals surface area (Å²) in [4.78, 5) is 0. The Bertz CT molecular complexity index is 3570. The van der Waals surface area contributed by atoms with Crippen LogP contribution in [0.5, 0.6) is 0 Å². The number of hydrogen-bond donors (Lipinski definition) is 0. The first-order valence-corrected chi connectivity index (χ1v) is 15.7. The number of benzene rings is 9. The van der Waals surface area contributed by atoms with E-state index in [-0.39, 0.29) is 34.3 Å². The van der Waals surface area contributed by atoms with E-state index in [2.05, 4.69) is 0 Å². The van der Waals surface area contributed by atoms with Gasteiger partial charge in [0.05, 0.1) is 19.2 Å². The van der Waals surface area contributed by atoms with Crippen LogP contribution in [0.25, 0.3) is 98.8 Å². The molecule has 10 aromatic rings. The fraction of sp³-hybridized carbons (Fsp3) is 0. The van der Waals surface area contributed by atoms with Gasteiger partial charge in [0.15, 0.2) is 0 Å². The Balaban J connectivity index is 1.27. The molecule has 0 fully saturated rings. The molecule has 0 saturated heterocycles. The monoisotopic (exact) mass is 636 g/mol. The molecule has 10 rings (SSSR count). The molecule has 1 aromatic heterocycles. The largest absolute Gasteiger partial charge is 0.455 e. The SMILES string of the molecule is [2H]c1c([2H])c([2H])c(-c2ccc3c(ccc4c3oc3cccc(-c5c6ccccc6c(-c6c([2H])c([2H])c([2H])c([2H])c6-c6c([2H])c([2H])c([2H])c([2H])c6[2H])c6ccccc56)c34)c2)c([2H])c1[2H]. The number of fused-ring (bicyclic) bond motifs is 7. The fourth-order valence-electron chi connectivity index (χ4n) is 7.12. The molecule has 0 amide bonds. The van der Waals surface area contributed by atoms with Gasteiger partial charge in [-0.1, -0.05) is 157 Å². The second-order valence-corrected chi connectivity index (χ2v) is 11.8. The maximum atomic E-state index is 9.37. The average Bonchev–Trinajstić information content (AvgIpc) is 3.69. The summed E-state index contributed by atoms with van der Waals surface area (Å²) in [6.45, 7) is 0. The van der Waals surface area contributed by atoms with Gasteiger partial charge in [-0.25, -0.2) is 0 Å². The van der Waals surface area contributed by atoms with Crippen molar-refractivity contribution in [3.8, 4) is 44.5 Å². The van der Waals surface area contributed by atoms with Crippen molar-refractivity contribution in [3.63, 3.8) is 0 Å². The second kappa shape index (κ2) is 11.1. The summed E-state index contributed by atoms with van der Waals surface area (Å²) in [6.07, 6.45) is 0. The summed E-state index contributed by atoms with van der Waals surface area (Å²) in [5, 5.41) is 5.70. The standard InChI is InChI=1S/C48H30O/c1-3-14-31(15-4-1)33-26-28-36-34(30-33)27-29-43-47-42(24-13-25-44(47)49-48(36)43)46-40-22-11-9-20-38(40)45(39-21-10-12-23-41(39)46)37-19-8-7-18-35(37)32-16-5-2-6-17-32/h1-30H/i1D,2D,3D,4D,5D,6D,7D,8D,14D,15D,16D,17D,18D,19D. The van der Waals surface area contributed by atoms with Crippen molar-refractivity contribution in [1.29, 1.82) is 0 Å². The van der Waals surface area contributed by atoms with Gasteiger partial charge in [0.1, 0.15) is 11.2 Å². The van der Waals surface area contributed by atoms with Crippen molar-refractivity contribution in [1.82, 2.24) is 0 Å². The molecule has 49 heavy (non-hydrogen) atoms. The van der Waals surface area contributed by atoms with Crippen molar-refractivity contribution in [2.24, 2.45) is 0 Å². The van der Waals surface area contributed by atoms with Crippen LogP contribution in [0, 0.1) is 0 Å². The number of furan rings is 1. The lowest BCUT2D eigenvalue weighted by Crippen LogP contribution is -1.93. The molecule has 0 aliphatic heterocycles. The number of hydrogen-bond acceptors (Lipinski definition) is 1. The van der Waals surface area contributed by atoms with Crippen LogP contribution in [0.15, 0.2) is 186 Å². The molecule has 0 saturated carbocycles. The van der Waals surface area contributed by atoms with Crippen molar-refractivity contribution in [3.05, 3.63) is 182 Å². The van der Waals surface area contributed by atoms with Crippen LogP contribution >= 0.6 is 0 Å². The Morgan fingerprint density at radius 3 is 1.63 bits per heavy atom. The minimum Gasteiger partial charge on any atom is -0.455 e. The van der Waals surface area contributed by atoms with Crippen molar-refractivity contribution in [2.45, 2.75) is 0 Å². The predicted octanol–water partition coefficient (Wildman–Crippen LogP) is 13.7. The van der Waals surface area contributed by atoms with E-state index in [4.69, 9.17) is 20.9 Å². The van der Waals surface area contributed by atoms with Crippen LogP contribution in [0.1, 0.15) is 19.2 Å². The molecular weight excluding hydrogens is 593 g/mol. The minimum atomic E-state index is -0.628. The summed E-state index contributed by atoms with van der Waals surface area (Å²) in [7, 11) is 0. The first kappa shape index (κ1) is 17.1. The maximum absolute atomic E-state index is 9.37. The van der Waals surface area contributed by atoms with Gasteiger partial charge in [-0.15, -0.1) is 0 Å². The Morgan fingerprint density at radius 1 is 0.388 bits per heavy atom. The predicted molar refractivity (Wildman–Crippen MR) is 208 cm³/mol. The van der Waals surface area contributed by atoms with E-state index >= 15 is 0 Å². The first-order chi connectivity index (χ1) is 30.1. The van der Waals surface area contributed by atoms with Gasteiger partial charge >= 0.3 is 0 Å². The molecule has 0 unspecified atom stereocenters. The Morgan fingerprint density at radius 2 is 0.959 bits per heavy atom. The lowest BCUT2D eigenvalue weighted by Gasteiger charge is -2.20. The molecular formula is C48H30O. The Hall–Kier alpha value is -6.44. The summed E-state index contributed by atoms with van der Waals surface area (Å²) in [5.41, 5.74) is 3.22. The van der Waals surface area contributed by atoms with Gasteiger partial charge in [-0.05, 0) is 95.7 Å². The summed E-state index contributed by atoms with van der Waals surface area (Å²) in [5.74, 6) is 0. The van der Waals surface area contributed by atoms with Crippen molar-refractivity contribution < 1.29 is 23.6 Å². The molecule has 1 heteroatoms. The normalized spacial score (nSPS) is 15.7. The quantitative estimate of drug-likeness (QED) is 0.175. The van der Waals surface area contributed by atoms with Gasteiger partial charge < -0.3 is 4.42 Å². The van der Waals surface area contributed by atoms with E-state index in [0.717, 1.165) is 43.4 Å². The minimum absolute atomic E-state index is 0.0000921. The molecule has 1 nitrogen and oxygen atoms in total. The summed E-state index contributed by atoms with van der Waals surface area (Å²) < 4.78 is 127. The van der Waals surface area contributed by atoms with Gasteiger partial charge in [0, 0.05) is 16.2 Å². The molecule has 0 radical (unpaired) electrons. The van der Waals surface area contributed by atoms with Gasteiger partial charge in [-0.3, -0.25) is 0 Å². The Labute approximate surface area is 304 Å². The van der Waals surface area contributed by atoms with Crippen molar-refractivity contribution in [2.75, 3.05) is 0 Å². The lowest BCUT2D eigenvalue weighted by molar-refractivity contribution is 0.673. The van der Waals surface area contributed by atoms with Crippen LogP contribution in [0.3, 0.4) is 0 Å². The van der Waals surface area contributed by atoms with Crippen molar-refractivity contribution >= 4 is 54.3 Å². The molecule has 1 heterocycles. The van der Waals surface area contributed by atoms with E-state index in [1.54, 1.807) is 12.1 Å². The third-order valence-electron chi connectivity index (χ3n) is 9.15. The third-order valence-corrected chi connectivity index (χ3v) is 9.15. The lowest BCUT2D eigenvalue weighted by atomic mass is 9.83. The smallest absolute Gasteiger partial charge is 0.143 e. The zero-order valence-corrected chi connectivity index (χ0v) is 25.6. The van der Waals surface area contributed by atoms with E-state index < -0.39 is 72.5 Å². The molecule has 228 valence electrons. The van der Waals surface area contributed by atoms with E-state index in [9.17, 15) is 2.74 Å². The second-order valence-electron chi connectivity index (χ2n) is 11.8. The van der Waals surface area contributed by atoms with Gasteiger partial charge in [0.25, 0.3) is 0 Å². The van der Waals surface area contributed by atoms with E-state index in [1.807, 2.05) is 84.9 Å². The first-order valence-electron chi connectivity index (χ1n) is 22.7. The average molecular weight is 637 g/mol. The van der Waals surface area contributed by atoms with Crippen LogP contribution in [0.4, 0.5) is 0 Å². The molecule has 0 N–H and O–H groups in total. The van der Waals surface area contributed by atoms with Crippen LogP contribution < -0.4 is 0 Å². The zero-order valence-electron chi connectivity index (χ0n) is 39.6. The summed E-state index contributed by atoms with van der Waals surface area (Å²) >= 11 is 0. The van der Waals surface area contributed by atoms with E-state index in [0.29, 0.717) is 33.1 Å². The summed E-state index contributed by atoms with van der Waals surface area (Å²) in [6, 6.07) is 22.8. The zero-order chi connectivity index (χ0) is 44.5. The highest BCUT2D eigenvalue weighted by atomic mass is 16.3. The van der Waals surface area contributed by atoms with Crippen LogP contribution in [0.2, 0.25) is 0 Å². The molecule has 0 bridgehead atoms. The Kier molecular flexibility index (Phi) is 3.87. The molecule has 0 spiro atoms. The molecule has 0 aliphatic rings. The van der Waals surface area contributed by atoms with E-state index in [1.165, 1.54) is 0 Å². The topological polar surface area (TPSA) is 13.1 Å². The van der Waals surface area contributed by atoms with Crippen LogP contribution in [-0.2, 0) is 0 Å². The maximum Gasteiger partial charge on any atom is 0.143 e. The highest BCUT2D eigenvalue weighted by Crippen LogP contribution is 2.48. The van der Waals surface area contributed by atoms with Crippen LogP contribution in [-0.4, -0.2) is 0 Å². The molecule has 0 atom stereocenters. The molecule has 0 aliphatic carbocycles. The third kappa shape index (κ3) is 4.33. The molecule has 9 aromatic carbocycles. The van der Waals surface area contributed by atoms with Gasteiger partial charge in [0.2, 0.25) is 0 Å². The fourth-order valence-corrected chi connectivity index (χ4v) is 7.12. The highest BCUT2D eigenvalue weighted by Gasteiger charge is 2.22. The number of rotatable bonds is 4. The van der Waals surface area contributed by atoms with Gasteiger partial charge in [-0.2, -0.15) is 0 Å².